The zero-order chi connectivity index (χ0) is 17.5. The third-order valence-electron chi connectivity index (χ3n) is 3.80. The third-order valence-corrected chi connectivity index (χ3v) is 4.82. The van der Waals surface area contributed by atoms with E-state index in [9.17, 15) is 4.79 Å². The lowest BCUT2D eigenvalue weighted by Gasteiger charge is -2.22. The van der Waals surface area contributed by atoms with E-state index in [1.165, 1.54) is 0 Å². The Kier molecular flexibility index (Phi) is 7.90. The SMILES string of the molecule is O=C(O)CCCc1nc2cc(N(CCCl)CCCl)ccc2n1CI. The number of hydrogen-bond donors (Lipinski definition) is 1. The molecule has 24 heavy (non-hydrogen) atoms. The van der Waals surface area contributed by atoms with Crippen LogP contribution in [0, 0.1) is 0 Å². The van der Waals surface area contributed by atoms with Crippen LogP contribution in [0.5, 0.6) is 0 Å². The van der Waals surface area contributed by atoms with Gasteiger partial charge in [-0.1, -0.05) is 22.6 Å². The molecule has 0 amide bonds. The number of carbonyl (C=O) groups is 1. The summed E-state index contributed by atoms with van der Waals surface area (Å²) >= 11 is 14.1. The number of nitrogens with zero attached hydrogens (tertiary/aromatic N) is 3. The van der Waals surface area contributed by atoms with E-state index in [1.807, 2.05) is 0 Å². The first kappa shape index (κ1) is 19.6. The lowest BCUT2D eigenvalue weighted by molar-refractivity contribution is -0.137. The molecule has 2 rings (SSSR count). The summed E-state index contributed by atoms with van der Waals surface area (Å²) in [5.74, 6) is 1.24. The Morgan fingerprint density at radius 1 is 1.29 bits per heavy atom. The number of benzene rings is 1. The average molecular weight is 484 g/mol. The highest BCUT2D eigenvalue weighted by atomic mass is 127. The van der Waals surface area contributed by atoms with Crippen LogP contribution in [0.25, 0.3) is 11.0 Å². The van der Waals surface area contributed by atoms with Gasteiger partial charge in [0.25, 0.3) is 0 Å². The zero-order valence-electron chi connectivity index (χ0n) is 13.2. The molecule has 0 aliphatic carbocycles. The summed E-state index contributed by atoms with van der Waals surface area (Å²) in [4.78, 5) is 17.6. The second kappa shape index (κ2) is 9.68. The molecule has 1 N–H and O–H groups in total. The number of aromatic nitrogens is 2. The summed E-state index contributed by atoms with van der Waals surface area (Å²) in [7, 11) is 0. The molecule has 132 valence electrons. The molecule has 0 bridgehead atoms. The van der Waals surface area contributed by atoms with Crippen molar-refractivity contribution in [2.75, 3.05) is 29.7 Å². The monoisotopic (exact) mass is 483 g/mol. The topological polar surface area (TPSA) is 58.4 Å². The van der Waals surface area contributed by atoms with Crippen molar-refractivity contribution in [2.24, 2.45) is 0 Å². The van der Waals surface area contributed by atoms with Crippen LogP contribution >= 0.6 is 45.8 Å². The maximum atomic E-state index is 10.7. The minimum atomic E-state index is -0.771. The van der Waals surface area contributed by atoms with Crippen molar-refractivity contribution in [2.45, 2.75) is 23.8 Å². The number of rotatable bonds is 10. The van der Waals surface area contributed by atoms with Gasteiger partial charge in [0.2, 0.25) is 0 Å². The fourth-order valence-corrected chi connectivity index (χ4v) is 3.83. The Balaban J connectivity index is 2.29. The maximum absolute atomic E-state index is 10.7. The minimum Gasteiger partial charge on any atom is -0.481 e. The molecular weight excluding hydrogens is 464 g/mol. The van der Waals surface area contributed by atoms with Gasteiger partial charge in [0.1, 0.15) is 5.82 Å². The van der Waals surface area contributed by atoms with E-state index in [1.54, 1.807) is 0 Å². The summed E-state index contributed by atoms with van der Waals surface area (Å²) in [6.45, 7) is 1.47. The predicted molar refractivity (Wildman–Crippen MR) is 108 cm³/mol. The summed E-state index contributed by atoms with van der Waals surface area (Å²) in [5, 5.41) is 8.80. The second-order valence-corrected chi connectivity index (χ2v) is 6.80. The van der Waals surface area contributed by atoms with E-state index >= 15 is 0 Å². The lowest BCUT2D eigenvalue weighted by Crippen LogP contribution is -2.27. The Bertz CT molecular complexity index is 687. The smallest absolute Gasteiger partial charge is 0.303 e. The number of imidazole rings is 1. The molecule has 1 aromatic heterocycles. The fraction of sp³-hybridized carbons (Fsp3) is 0.500. The number of carboxylic acid groups (broad SMARTS) is 1. The van der Waals surface area contributed by atoms with Crippen molar-refractivity contribution < 1.29 is 9.90 Å². The van der Waals surface area contributed by atoms with Gasteiger partial charge in [-0.25, -0.2) is 4.98 Å². The molecular formula is C16H20Cl2IN3O2. The maximum Gasteiger partial charge on any atom is 0.303 e. The molecule has 0 atom stereocenters. The van der Waals surface area contributed by atoms with Gasteiger partial charge in [-0.05, 0) is 24.6 Å². The van der Waals surface area contributed by atoms with Crippen molar-refractivity contribution in [3.05, 3.63) is 24.0 Å². The van der Waals surface area contributed by atoms with Crippen molar-refractivity contribution in [1.82, 2.24) is 9.55 Å². The second-order valence-electron chi connectivity index (χ2n) is 5.36. The zero-order valence-corrected chi connectivity index (χ0v) is 16.9. The van der Waals surface area contributed by atoms with Crippen molar-refractivity contribution >= 4 is 68.5 Å². The Labute approximate surface area is 165 Å². The van der Waals surface area contributed by atoms with Crippen LogP contribution in [0.1, 0.15) is 18.7 Å². The van der Waals surface area contributed by atoms with E-state index in [-0.39, 0.29) is 6.42 Å². The molecule has 1 heterocycles. The highest BCUT2D eigenvalue weighted by molar-refractivity contribution is 14.1. The molecule has 0 aliphatic rings. The van der Waals surface area contributed by atoms with Gasteiger partial charge in [0, 0.05) is 43.4 Å². The van der Waals surface area contributed by atoms with E-state index in [0.29, 0.717) is 24.6 Å². The number of hydrogen-bond acceptors (Lipinski definition) is 3. The molecule has 0 radical (unpaired) electrons. The van der Waals surface area contributed by atoms with Crippen molar-refractivity contribution in [3.8, 4) is 0 Å². The molecule has 0 saturated heterocycles. The largest absolute Gasteiger partial charge is 0.481 e. The molecule has 5 nitrogen and oxygen atoms in total. The first-order chi connectivity index (χ1) is 11.6. The first-order valence-corrected chi connectivity index (χ1v) is 10.3. The van der Waals surface area contributed by atoms with Crippen LogP contribution in [0.3, 0.4) is 0 Å². The van der Waals surface area contributed by atoms with Gasteiger partial charge in [-0.3, -0.25) is 4.79 Å². The number of aliphatic carboxylic acids is 1. The van der Waals surface area contributed by atoms with Gasteiger partial charge < -0.3 is 14.6 Å². The summed E-state index contributed by atoms with van der Waals surface area (Å²) in [6.07, 6.45) is 1.41. The van der Waals surface area contributed by atoms with Crippen molar-refractivity contribution in [3.63, 3.8) is 0 Å². The molecule has 2 aromatic rings. The molecule has 0 saturated carbocycles. The van der Waals surface area contributed by atoms with Gasteiger partial charge in [0.15, 0.2) is 0 Å². The number of carboxylic acids is 1. The number of alkyl halides is 3. The van der Waals surface area contributed by atoms with Gasteiger partial charge in [-0.15, -0.1) is 23.2 Å². The number of anilines is 1. The molecule has 0 fully saturated rings. The van der Waals surface area contributed by atoms with Crippen LogP contribution in [-0.4, -0.2) is 45.5 Å². The van der Waals surface area contributed by atoms with Gasteiger partial charge >= 0.3 is 5.97 Å². The third kappa shape index (κ3) is 4.89. The van der Waals surface area contributed by atoms with Crippen LogP contribution in [-0.2, 0) is 15.8 Å². The summed E-state index contributed by atoms with van der Waals surface area (Å²) in [6, 6.07) is 6.18. The Morgan fingerprint density at radius 3 is 2.58 bits per heavy atom. The quantitative estimate of drug-likeness (QED) is 0.408. The molecule has 0 aliphatic heterocycles. The van der Waals surface area contributed by atoms with Crippen LogP contribution in [0.2, 0.25) is 0 Å². The predicted octanol–water partition coefficient (Wildman–Crippen LogP) is 4.12. The van der Waals surface area contributed by atoms with Crippen LogP contribution in [0.15, 0.2) is 18.2 Å². The van der Waals surface area contributed by atoms with E-state index < -0.39 is 5.97 Å². The first-order valence-electron chi connectivity index (χ1n) is 7.74. The summed E-state index contributed by atoms with van der Waals surface area (Å²) in [5.41, 5.74) is 3.04. The van der Waals surface area contributed by atoms with E-state index in [4.69, 9.17) is 33.3 Å². The van der Waals surface area contributed by atoms with Crippen LogP contribution in [0.4, 0.5) is 5.69 Å². The lowest BCUT2D eigenvalue weighted by atomic mass is 10.2. The molecule has 1 aromatic carbocycles. The normalized spacial score (nSPS) is 11.1. The Hall–Kier alpha value is -0.730. The van der Waals surface area contributed by atoms with Crippen LogP contribution < -0.4 is 4.90 Å². The fourth-order valence-electron chi connectivity index (χ4n) is 2.66. The van der Waals surface area contributed by atoms with Gasteiger partial charge in [-0.2, -0.15) is 0 Å². The number of aryl methyl sites for hydroxylation is 1. The van der Waals surface area contributed by atoms with E-state index in [2.05, 4.69) is 50.3 Å². The Morgan fingerprint density at radius 2 is 2.00 bits per heavy atom. The summed E-state index contributed by atoms with van der Waals surface area (Å²) < 4.78 is 2.91. The minimum absolute atomic E-state index is 0.162. The number of fused-ring (bicyclic) bond motifs is 1. The number of halogens is 3. The highest BCUT2D eigenvalue weighted by Crippen LogP contribution is 2.25. The van der Waals surface area contributed by atoms with Gasteiger partial charge in [0.05, 0.1) is 15.6 Å². The van der Waals surface area contributed by atoms with Crippen molar-refractivity contribution in [1.29, 1.82) is 0 Å². The standard InChI is InChI=1S/C16H20Cl2IN3O2/c17-6-8-21(9-7-18)12-4-5-14-13(10-12)20-15(22(14)11-19)2-1-3-16(23)24/h4-5,10H,1-3,6-9,11H2,(H,23,24). The molecule has 0 spiro atoms. The molecule has 8 heteroatoms. The molecule has 0 unspecified atom stereocenters. The van der Waals surface area contributed by atoms with E-state index in [0.717, 1.165) is 40.2 Å². The highest BCUT2D eigenvalue weighted by Gasteiger charge is 2.13. The average Bonchev–Trinajstić information content (AvgIpc) is 2.90.